The van der Waals surface area contributed by atoms with Crippen LogP contribution in [0.5, 0.6) is 0 Å². The molecule has 5 nitrogen and oxygen atoms in total. The second-order valence-corrected chi connectivity index (χ2v) is 3.73. The summed E-state index contributed by atoms with van der Waals surface area (Å²) in [6.07, 6.45) is 1.55. The Kier molecular flexibility index (Phi) is 3.40. The van der Waals surface area contributed by atoms with Crippen molar-refractivity contribution >= 4 is 5.69 Å². The normalized spacial score (nSPS) is 8.80. The fraction of sp³-hybridized carbons (Fsp3) is 0. The molecule has 0 bridgehead atoms. The van der Waals surface area contributed by atoms with Crippen LogP contribution in [0.4, 0.5) is 5.69 Å². The molecule has 5 heteroatoms. The molecule has 0 fully saturated rings. The fourth-order valence-electron chi connectivity index (χ4n) is 1.82. The van der Waals surface area contributed by atoms with Gasteiger partial charge in [-0.05, 0) is 18.2 Å². The van der Waals surface area contributed by atoms with Crippen molar-refractivity contribution in [3.05, 3.63) is 58.6 Å². The molecule has 0 radical (unpaired) electrons. The van der Waals surface area contributed by atoms with Gasteiger partial charge in [0, 0.05) is 11.8 Å². The maximum absolute atomic E-state index is 9.26. The Morgan fingerprint density at radius 2 is 1.70 bits per heavy atom. The maximum atomic E-state index is 9.26. The predicted molar refractivity (Wildman–Crippen MR) is 70.1 cm³/mol. The first kappa shape index (κ1) is 12.8. The molecule has 0 saturated carbocycles. The minimum absolute atomic E-state index is 0.0451. The van der Waals surface area contributed by atoms with Gasteiger partial charge in [0.25, 0.3) is 0 Å². The second-order valence-electron chi connectivity index (χ2n) is 3.73. The number of pyridine rings is 1. The zero-order chi connectivity index (χ0) is 14.5. The van der Waals surface area contributed by atoms with E-state index in [9.17, 15) is 10.5 Å². The van der Waals surface area contributed by atoms with Gasteiger partial charge in [-0.3, -0.25) is 4.98 Å². The van der Waals surface area contributed by atoms with E-state index in [4.69, 9.17) is 11.8 Å². The third kappa shape index (κ3) is 1.93. The van der Waals surface area contributed by atoms with E-state index < -0.39 is 0 Å². The molecule has 1 heterocycles. The first-order chi connectivity index (χ1) is 9.76. The van der Waals surface area contributed by atoms with E-state index in [2.05, 4.69) is 9.83 Å². The fourth-order valence-corrected chi connectivity index (χ4v) is 1.82. The van der Waals surface area contributed by atoms with Crippen LogP contribution in [0.3, 0.4) is 0 Å². The molecule has 0 aliphatic carbocycles. The van der Waals surface area contributed by atoms with Crippen molar-refractivity contribution < 1.29 is 0 Å². The van der Waals surface area contributed by atoms with Gasteiger partial charge in [0.1, 0.15) is 12.1 Å². The Balaban J connectivity index is 2.93. The average Bonchev–Trinajstić information content (AvgIpc) is 2.53. The average molecular weight is 255 g/mol. The molecule has 1 aromatic heterocycles. The number of hydrogen-bond acceptors (Lipinski definition) is 4. The van der Waals surface area contributed by atoms with Gasteiger partial charge in [-0.1, -0.05) is 6.07 Å². The van der Waals surface area contributed by atoms with E-state index in [1.54, 1.807) is 24.4 Å². The predicted octanol–water partition coefficient (Wildman–Crippen LogP) is 2.91. The minimum atomic E-state index is -0.0795. The molecule has 0 aliphatic heterocycles. The quantitative estimate of drug-likeness (QED) is 0.733. The Hall–Kier alpha value is -3.67. The number of benzene rings is 1. The van der Waals surface area contributed by atoms with Crippen LogP contribution >= 0.6 is 0 Å². The topological polar surface area (TPSA) is 88.6 Å². The van der Waals surface area contributed by atoms with E-state index in [-0.39, 0.29) is 22.4 Å². The number of hydrogen-bond donors (Lipinski definition) is 0. The van der Waals surface area contributed by atoms with E-state index in [1.807, 2.05) is 18.2 Å². The van der Waals surface area contributed by atoms with E-state index in [0.29, 0.717) is 11.3 Å². The van der Waals surface area contributed by atoms with Crippen molar-refractivity contribution in [1.29, 1.82) is 15.8 Å². The summed E-state index contributed by atoms with van der Waals surface area (Å²) in [5.74, 6) is 0. The highest BCUT2D eigenvalue weighted by molar-refractivity contribution is 5.81. The summed E-state index contributed by atoms with van der Waals surface area (Å²) in [5, 5.41) is 27.5. The molecular formula is C15H5N5. The zero-order valence-corrected chi connectivity index (χ0v) is 10.1. The van der Waals surface area contributed by atoms with Crippen molar-refractivity contribution in [1.82, 2.24) is 4.98 Å². The van der Waals surface area contributed by atoms with Gasteiger partial charge in [0.15, 0.2) is 0 Å². The third-order valence-electron chi connectivity index (χ3n) is 2.70. The summed E-state index contributed by atoms with van der Waals surface area (Å²) >= 11 is 0. The molecule has 0 spiro atoms. The van der Waals surface area contributed by atoms with Gasteiger partial charge < -0.3 is 0 Å². The maximum Gasteiger partial charge on any atom is 0.206 e. The van der Waals surface area contributed by atoms with Crippen LogP contribution < -0.4 is 0 Å². The van der Waals surface area contributed by atoms with Crippen LogP contribution in [-0.2, 0) is 0 Å². The molecule has 2 rings (SSSR count). The number of rotatable bonds is 1. The first-order valence-corrected chi connectivity index (χ1v) is 5.47. The standard InChI is InChI=1S/C15H5N5/c1-19-15-6-10(14-4-2-3-5-20-14)11(7-16)12(8-17)13(15)9-18/h2-6H. The Labute approximate surface area is 115 Å². The highest BCUT2D eigenvalue weighted by Crippen LogP contribution is 2.33. The highest BCUT2D eigenvalue weighted by atomic mass is 14.7. The summed E-state index contributed by atoms with van der Waals surface area (Å²) in [7, 11) is 0. The molecule has 1 aromatic carbocycles. The monoisotopic (exact) mass is 255 g/mol. The summed E-state index contributed by atoms with van der Waals surface area (Å²) in [6, 6.07) is 12.1. The van der Waals surface area contributed by atoms with E-state index in [0.717, 1.165) is 0 Å². The first-order valence-electron chi connectivity index (χ1n) is 5.47. The molecule has 0 atom stereocenters. The van der Waals surface area contributed by atoms with Crippen molar-refractivity contribution in [2.75, 3.05) is 0 Å². The molecule has 0 saturated heterocycles. The van der Waals surface area contributed by atoms with Crippen molar-refractivity contribution in [2.24, 2.45) is 0 Å². The molecule has 90 valence electrons. The van der Waals surface area contributed by atoms with Crippen molar-refractivity contribution in [3.63, 3.8) is 0 Å². The largest absolute Gasteiger partial charge is 0.256 e. The lowest BCUT2D eigenvalue weighted by atomic mass is 9.94. The number of nitrogens with zero attached hydrogens (tertiary/aromatic N) is 5. The number of aromatic nitrogens is 1. The van der Waals surface area contributed by atoms with Gasteiger partial charge in [-0.15, -0.1) is 0 Å². The Morgan fingerprint density at radius 3 is 2.20 bits per heavy atom. The van der Waals surface area contributed by atoms with Gasteiger partial charge in [-0.25, -0.2) is 4.85 Å². The van der Waals surface area contributed by atoms with Gasteiger partial charge in [-0.2, -0.15) is 15.8 Å². The lowest BCUT2D eigenvalue weighted by Crippen LogP contribution is -1.95. The van der Waals surface area contributed by atoms with Gasteiger partial charge >= 0.3 is 0 Å². The second kappa shape index (κ2) is 5.32. The molecule has 2 aromatic rings. The highest BCUT2D eigenvalue weighted by Gasteiger charge is 2.19. The van der Waals surface area contributed by atoms with Crippen molar-refractivity contribution in [2.45, 2.75) is 0 Å². The summed E-state index contributed by atoms with van der Waals surface area (Å²) in [5.41, 5.74) is 0.825. The Morgan fingerprint density at radius 1 is 1.00 bits per heavy atom. The van der Waals surface area contributed by atoms with Crippen LogP contribution in [-0.4, -0.2) is 4.98 Å². The summed E-state index contributed by atoms with van der Waals surface area (Å²) in [6.45, 7) is 7.11. The summed E-state index contributed by atoms with van der Waals surface area (Å²) in [4.78, 5) is 7.37. The molecule has 0 aliphatic rings. The van der Waals surface area contributed by atoms with E-state index >= 15 is 0 Å². The smallest absolute Gasteiger partial charge is 0.206 e. The molecule has 0 N–H and O–H groups in total. The lowest BCUT2D eigenvalue weighted by molar-refractivity contribution is 1.31. The molecule has 0 unspecified atom stereocenters. The van der Waals surface area contributed by atoms with Crippen LogP contribution in [0.1, 0.15) is 16.7 Å². The molecular weight excluding hydrogens is 250 g/mol. The third-order valence-corrected chi connectivity index (χ3v) is 2.70. The SMILES string of the molecule is [C-]#[N+]c1cc(-c2ccccn2)c(C#N)c(C#N)c1C#N. The van der Waals surface area contributed by atoms with Gasteiger partial charge in [0.2, 0.25) is 5.69 Å². The lowest BCUT2D eigenvalue weighted by Gasteiger charge is -2.08. The number of nitriles is 3. The summed E-state index contributed by atoms with van der Waals surface area (Å²) < 4.78 is 0. The van der Waals surface area contributed by atoms with Crippen LogP contribution in [0.2, 0.25) is 0 Å². The van der Waals surface area contributed by atoms with Crippen LogP contribution in [0.25, 0.3) is 16.1 Å². The minimum Gasteiger partial charge on any atom is -0.256 e. The van der Waals surface area contributed by atoms with Crippen LogP contribution in [0.15, 0.2) is 30.5 Å². The van der Waals surface area contributed by atoms with Crippen molar-refractivity contribution in [3.8, 4) is 29.5 Å². The molecule has 0 amide bonds. The van der Waals surface area contributed by atoms with Crippen LogP contribution in [0, 0.1) is 40.6 Å². The Bertz CT molecular complexity index is 840. The van der Waals surface area contributed by atoms with E-state index in [1.165, 1.54) is 6.07 Å². The van der Waals surface area contributed by atoms with Gasteiger partial charge in [0.05, 0.1) is 35.0 Å². The zero-order valence-electron chi connectivity index (χ0n) is 10.1. The molecule has 20 heavy (non-hydrogen) atoms.